The standard InChI is InChI=1S/C21H21N5O3S/c22-18(27)14-8-10-25(11-9-14)16(13-5-2-1-3-6-13)17-20(28)26-21(30-17)23-19(24-26)15-7-4-12-29-15/h1-7,12,14,16,28H,8-11H2,(H2,22,27)/t16-/m1/s1. The van der Waals surface area contributed by atoms with Crippen molar-refractivity contribution in [3.63, 3.8) is 0 Å². The van der Waals surface area contributed by atoms with E-state index in [1.54, 1.807) is 18.4 Å². The summed E-state index contributed by atoms with van der Waals surface area (Å²) in [6, 6.07) is 13.5. The quantitative estimate of drug-likeness (QED) is 0.511. The maximum atomic E-state index is 11.6. The fourth-order valence-corrected chi connectivity index (χ4v) is 5.16. The Bertz CT molecular complexity index is 1160. The number of carbonyl (C=O) groups is 1. The van der Waals surface area contributed by atoms with Gasteiger partial charge in [0.05, 0.1) is 17.2 Å². The van der Waals surface area contributed by atoms with E-state index >= 15 is 0 Å². The zero-order chi connectivity index (χ0) is 20.7. The molecule has 1 amide bonds. The Morgan fingerprint density at radius 2 is 1.97 bits per heavy atom. The highest BCUT2D eigenvalue weighted by Crippen LogP contribution is 2.41. The van der Waals surface area contributed by atoms with Crippen molar-refractivity contribution in [2.45, 2.75) is 18.9 Å². The van der Waals surface area contributed by atoms with Crippen LogP contribution >= 0.6 is 11.3 Å². The predicted octanol–water partition coefficient (Wildman–Crippen LogP) is 3.04. The van der Waals surface area contributed by atoms with Gasteiger partial charge in [0.15, 0.2) is 5.76 Å². The van der Waals surface area contributed by atoms with Gasteiger partial charge in [0.1, 0.15) is 0 Å². The summed E-state index contributed by atoms with van der Waals surface area (Å²) < 4.78 is 6.83. The number of carbonyl (C=O) groups excluding carboxylic acids is 1. The number of rotatable bonds is 5. The molecule has 1 aliphatic heterocycles. The molecule has 8 nitrogen and oxygen atoms in total. The third-order valence-corrected chi connectivity index (χ3v) is 6.67. The van der Waals surface area contributed by atoms with Crippen LogP contribution < -0.4 is 5.73 Å². The van der Waals surface area contributed by atoms with Gasteiger partial charge in [-0.1, -0.05) is 41.7 Å². The maximum Gasteiger partial charge on any atom is 0.230 e. The minimum Gasteiger partial charge on any atom is -0.492 e. The number of primary amides is 1. The van der Waals surface area contributed by atoms with Crippen LogP contribution in [0.15, 0.2) is 53.1 Å². The average Bonchev–Trinajstić information content (AvgIpc) is 3.49. The number of aromatic hydroxyl groups is 1. The van der Waals surface area contributed by atoms with Gasteiger partial charge in [-0.3, -0.25) is 9.69 Å². The van der Waals surface area contributed by atoms with E-state index in [4.69, 9.17) is 10.2 Å². The number of aromatic nitrogens is 3. The summed E-state index contributed by atoms with van der Waals surface area (Å²) in [6.45, 7) is 1.44. The molecule has 1 atom stereocenters. The van der Waals surface area contributed by atoms with Crippen LogP contribution in [0.1, 0.15) is 29.3 Å². The number of fused-ring (bicyclic) bond motifs is 1. The molecule has 1 aliphatic rings. The monoisotopic (exact) mass is 423 g/mol. The number of nitrogens with two attached hydrogens (primary N) is 1. The topological polar surface area (TPSA) is 110 Å². The number of furan rings is 1. The van der Waals surface area contributed by atoms with Gasteiger partial charge in [-0.2, -0.15) is 9.50 Å². The largest absolute Gasteiger partial charge is 0.492 e. The molecule has 4 aromatic rings. The first kappa shape index (κ1) is 18.8. The van der Waals surface area contributed by atoms with Gasteiger partial charge in [-0.25, -0.2) is 0 Å². The molecule has 3 N–H and O–H groups in total. The lowest BCUT2D eigenvalue weighted by Gasteiger charge is -2.36. The van der Waals surface area contributed by atoms with Gasteiger partial charge in [-0.05, 0) is 43.6 Å². The molecule has 1 saturated heterocycles. The Hall–Kier alpha value is -3.17. The van der Waals surface area contributed by atoms with E-state index < -0.39 is 0 Å². The Balaban J connectivity index is 1.53. The number of hydrogen-bond donors (Lipinski definition) is 2. The molecule has 154 valence electrons. The van der Waals surface area contributed by atoms with E-state index in [0.29, 0.717) is 29.4 Å². The lowest BCUT2D eigenvalue weighted by atomic mass is 9.93. The fraction of sp³-hybridized carbons (Fsp3) is 0.286. The second kappa shape index (κ2) is 7.58. The van der Waals surface area contributed by atoms with E-state index in [2.05, 4.69) is 27.1 Å². The molecule has 1 fully saturated rings. The molecule has 0 spiro atoms. The molecular formula is C21H21N5O3S. The summed E-state index contributed by atoms with van der Waals surface area (Å²) in [7, 11) is 0. The first-order chi connectivity index (χ1) is 14.6. The lowest BCUT2D eigenvalue weighted by molar-refractivity contribution is -0.123. The lowest BCUT2D eigenvalue weighted by Crippen LogP contribution is -2.40. The van der Waals surface area contributed by atoms with Crippen molar-refractivity contribution < 1.29 is 14.3 Å². The maximum absolute atomic E-state index is 11.6. The summed E-state index contributed by atoms with van der Waals surface area (Å²) in [4.78, 5) is 19.8. The Morgan fingerprint density at radius 1 is 1.20 bits per heavy atom. The van der Waals surface area contributed by atoms with Gasteiger partial charge in [0.25, 0.3) is 0 Å². The first-order valence-corrected chi connectivity index (χ1v) is 10.6. The number of piperidine rings is 1. The molecule has 5 rings (SSSR count). The third kappa shape index (κ3) is 3.25. The molecule has 0 radical (unpaired) electrons. The summed E-state index contributed by atoms with van der Waals surface area (Å²) in [5.74, 6) is 0.736. The number of hydrogen-bond acceptors (Lipinski definition) is 7. The summed E-state index contributed by atoms with van der Waals surface area (Å²) in [5, 5.41) is 15.5. The Morgan fingerprint density at radius 3 is 2.60 bits per heavy atom. The van der Waals surface area contributed by atoms with Crippen LogP contribution in [0.4, 0.5) is 0 Å². The summed E-state index contributed by atoms with van der Waals surface area (Å²) in [5.41, 5.74) is 6.57. The number of benzene rings is 1. The smallest absolute Gasteiger partial charge is 0.230 e. The molecule has 9 heteroatoms. The van der Waals surface area contributed by atoms with Gasteiger partial charge in [-0.15, -0.1) is 5.10 Å². The van der Waals surface area contributed by atoms with E-state index in [-0.39, 0.29) is 23.7 Å². The summed E-state index contributed by atoms with van der Waals surface area (Å²) in [6.07, 6.45) is 2.99. The molecule has 0 unspecified atom stereocenters. The third-order valence-electron chi connectivity index (χ3n) is 5.60. The van der Waals surface area contributed by atoms with Crippen LogP contribution in [0.25, 0.3) is 16.5 Å². The van der Waals surface area contributed by atoms with Crippen LogP contribution in [0.2, 0.25) is 0 Å². The molecule has 0 bridgehead atoms. The highest BCUT2D eigenvalue weighted by Gasteiger charge is 2.33. The van der Waals surface area contributed by atoms with Gasteiger partial charge in [0.2, 0.25) is 22.6 Å². The van der Waals surface area contributed by atoms with E-state index in [1.807, 2.05) is 18.2 Å². The fourth-order valence-electron chi connectivity index (χ4n) is 4.04. The number of thiazole rings is 1. The van der Waals surface area contributed by atoms with Crippen LogP contribution in [0.5, 0.6) is 5.88 Å². The Labute approximate surface area is 176 Å². The van der Waals surface area contributed by atoms with Gasteiger partial charge >= 0.3 is 0 Å². The van der Waals surface area contributed by atoms with Crippen molar-refractivity contribution in [2.24, 2.45) is 11.7 Å². The first-order valence-electron chi connectivity index (χ1n) is 9.82. The van der Waals surface area contributed by atoms with Crippen LogP contribution in [-0.4, -0.2) is 43.6 Å². The molecular weight excluding hydrogens is 402 g/mol. The molecule has 30 heavy (non-hydrogen) atoms. The minimum atomic E-state index is -0.238. The average molecular weight is 423 g/mol. The predicted molar refractivity (Wildman–Crippen MR) is 112 cm³/mol. The SMILES string of the molecule is NC(=O)C1CCN([C@H](c2ccccc2)c2sc3nc(-c4ccco4)nn3c2O)CC1. The zero-order valence-corrected chi connectivity index (χ0v) is 17.0. The van der Waals surface area contributed by atoms with Crippen molar-refractivity contribution in [3.05, 3.63) is 59.2 Å². The highest BCUT2D eigenvalue weighted by molar-refractivity contribution is 7.17. The summed E-state index contributed by atoms with van der Waals surface area (Å²) >= 11 is 1.41. The minimum absolute atomic E-state index is 0.0752. The van der Waals surface area contributed by atoms with E-state index in [1.165, 1.54) is 15.9 Å². The Kier molecular flexibility index (Phi) is 4.76. The number of nitrogens with zero attached hydrogens (tertiary/aromatic N) is 4. The molecule has 1 aromatic carbocycles. The van der Waals surface area contributed by atoms with E-state index in [0.717, 1.165) is 23.5 Å². The zero-order valence-electron chi connectivity index (χ0n) is 16.1. The molecule has 0 aliphatic carbocycles. The van der Waals surface area contributed by atoms with E-state index in [9.17, 15) is 9.90 Å². The normalized spacial score (nSPS) is 16.8. The molecule has 4 heterocycles. The van der Waals surface area contributed by atoms with Crippen molar-refractivity contribution in [2.75, 3.05) is 13.1 Å². The van der Waals surface area contributed by atoms with Crippen molar-refractivity contribution in [1.29, 1.82) is 0 Å². The van der Waals surface area contributed by atoms with Crippen LogP contribution in [-0.2, 0) is 4.79 Å². The second-order valence-electron chi connectivity index (χ2n) is 7.42. The molecule has 0 saturated carbocycles. The van der Waals surface area contributed by atoms with Crippen molar-refractivity contribution >= 4 is 22.2 Å². The number of likely N-dealkylation sites (tertiary alicyclic amines) is 1. The van der Waals surface area contributed by atoms with Crippen molar-refractivity contribution in [3.8, 4) is 17.5 Å². The highest BCUT2D eigenvalue weighted by atomic mass is 32.1. The van der Waals surface area contributed by atoms with Crippen LogP contribution in [0, 0.1) is 5.92 Å². The second-order valence-corrected chi connectivity index (χ2v) is 8.43. The molecule has 3 aromatic heterocycles. The van der Waals surface area contributed by atoms with Crippen LogP contribution in [0.3, 0.4) is 0 Å². The van der Waals surface area contributed by atoms with Gasteiger partial charge < -0.3 is 15.3 Å². The van der Waals surface area contributed by atoms with Gasteiger partial charge in [0, 0.05) is 5.92 Å². The number of amides is 1. The van der Waals surface area contributed by atoms with Crippen molar-refractivity contribution in [1.82, 2.24) is 19.5 Å².